The molecule has 0 saturated heterocycles. The maximum absolute atomic E-state index is 12.7. The third-order valence-electron chi connectivity index (χ3n) is 4.42. The van der Waals surface area contributed by atoms with Crippen molar-refractivity contribution in [2.75, 3.05) is 11.8 Å². The number of fused-ring (bicyclic) bond motifs is 1. The summed E-state index contributed by atoms with van der Waals surface area (Å²) in [4.78, 5) is 15.9. The first-order valence-corrected chi connectivity index (χ1v) is 10.2. The lowest BCUT2D eigenvalue weighted by molar-refractivity contribution is 0.0600. The van der Waals surface area contributed by atoms with Gasteiger partial charge >= 0.3 is 5.97 Å². The standard InChI is InChI=1S/C21H17N3O4S/c1-28-21(25)15-9-11-18(12-10-15)29(26,27)23-16-5-4-6-17(13-16)24-14-22-19-7-2-3-8-20(19)24/h2-14,23H,1H3. The molecule has 1 N–H and O–H groups in total. The molecule has 7 nitrogen and oxygen atoms in total. The van der Waals surface area contributed by atoms with Crippen molar-refractivity contribution in [3.63, 3.8) is 0 Å². The molecule has 0 aliphatic carbocycles. The third-order valence-corrected chi connectivity index (χ3v) is 5.81. The highest BCUT2D eigenvalue weighted by atomic mass is 32.2. The van der Waals surface area contributed by atoms with Crippen molar-refractivity contribution in [1.82, 2.24) is 9.55 Å². The van der Waals surface area contributed by atoms with E-state index in [2.05, 4.69) is 14.4 Å². The molecular weight excluding hydrogens is 390 g/mol. The molecule has 0 saturated carbocycles. The summed E-state index contributed by atoms with van der Waals surface area (Å²) in [6, 6.07) is 20.3. The third kappa shape index (κ3) is 3.70. The van der Waals surface area contributed by atoms with Crippen molar-refractivity contribution in [2.24, 2.45) is 0 Å². The molecule has 29 heavy (non-hydrogen) atoms. The van der Waals surface area contributed by atoms with E-state index in [-0.39, 0.29) is 10.5 Å². The number of benzene rings is 3. The summed E-state index contributed by atoms with van der Waals surface area (Å²) in [5, 5.41) is 0. The maximum Gasteiger partial charge on any atom is 0.337 e. The molecule has 146 valence electrons. The topological polar surface area (TPSA) is 90.3 Å². The van der Waals surface area contributed by atoms with Crippen LogP contribution in [0.25, 0.3) is 16.7 Å². The fraction of sp³-hybridized carbons (Fsp3) is 0.0476. The number of esters is 1. The Labute approximate surface area is 167 Å². The zero-order chi connectivity index (χ0) is 20.4. The first-order chi connectivity index (χ1) is 14.0. The molecule has 0 amide bonds. The van der Waals surface area contributed by atoms with E-state index in [1.807, 2.05) is 34.9 Å². The molecule has 0 fully saturated rings. The Morgan fingerprint density at radius 1 is 1.00 bits per heavy atom. The van der Waals surface area contributed by atoms with E-state index in [1.54, 1.807) is 24.5 Å². The molecule has 8 heteroatoms. The van der Waals surface area contributed by atoms with Crippen molar-refractivity contribution < 1.29 is 17.9 Å². The van der Waals surface area contributed by atoms with Gasteiger partial charge in [0.1, 0.15) is 6.33 Å². The van der Waals surface area contributed by atoms with E-state index in [4.69, 9.17) is 0 Å². The molecule has 1 aromatic heterocycles. The van der Waals surface area contributed by atoms with Gasteiger partial charge in [0.05, 0.1) is 34.3 Å². The van der Waals surface area contributed by atoms with Gasteiger partial charge in [-0.1, -0.05) is 18.2 Å². The summed E-state index contributed by atoms with van der Waals surface area (Å²) in [6.07, 6.45) is 1.70. The maximum atomic E-state index is 12.7. The van der Waals surface area contributed by atoms with Crippen LogP contribution in [0.5, 0.6) is 0 Å². The molecule has 0 bridgehead atoms. The van der Waals surface area contributed by atoms with Gasteiger partial charge in [-0.2, -0.15) is 0 Å². The second-order valence-corrected chi connectivity index (χ2v) is 7.96. The van der Waals surface area contributed by atoms with E-state index in [1.165, 1.54) is 31.4 Å². The average Bonchev–Trinajstić information content (AvgIpc) is 3.17. The Morgan fingerprint density at radius 3 is 2.52 bits per heavy atom. The van der Waals surface area contributed by atoms with Gasteiger partial charge in [0.15, 0.2) is 0 Å². The van der Waals surface area contributed by atoms with Crippen molar-refractivity contribution in [3.05, 3.63) is 84.7 Å². The van der Waals surface area contributed by atoms with E-state index in [9.17, 15) is 13.2 Å². The first-order valence-electron chi connectivity index (χ1n) is 8.72. The van der Waals surface area contributed by atoms with Crippen LogP contribution in [0, 0.1) is 0 Å². The fourth-order valence-corrected chi connectivity index (χ4v) is 4.04. The van der Waals surface area contributed by atoms with E-state index in [0.29, 0.717) is 5.69 Å². The highest BCUT2D eigenvalue weighted by molar-refractivity contribution is 7.92. The van der Waals surface area contributed by atoms with Gasteiger partial charge in [-0.3, -0.25) is 9.29 Å². The Balaban J connectivity index is 1.63. The van der Waals surface area contributed by atoms with Crippen LogP contribution in [0.1, 0.15) is 10.4 Å². The lowest BCUT2D eigenvalue weighted by Gasteiger charge is -2.11. The second-order valence-electron chi connectivity index (χ2n) is 6.28. The Kier molecular flexibility index (Phi) is 4.77. The van der Waals surface area contributed by atoms with Crippen LogP contribution in [-0.2, 0) is 14.8 Å². The Bertz CT molecular complexity index is 1300. The molecule has 0 atom stereocenters. The smallest absolute Gasteiger partial charge is 0.337 e. The number of aromatic nitrogens is 2. The molecule has 0 aliphatic heterocycles. The zero-order valence-electron chi connectivity index (χ0n) is 15.4. The minimum absolute atomic E-state index is 0.0450. The van der Waals surface area contributed by atoms with Gasteiger partial charge in [-0.05, 0) is 54.6 Å². The number of ether oxygens (including phenoxy) is 1. The average molecular weight is 407 g/mol. The molecule has 0 spiro atoms. The number of methoxy groups -OCH3 is 1. The number of hydrogen-bond acceptors (Lipinski definition) is 5. The normalized spacial score (nSPS) is 11.3. The number of carbonyl (C=O) groups is 1. The molecule has 3 aromatic carbocycles. The Morgan fingerprint density at radius 2 is 1.76 bits per heavy atom. The summed E-state index contributed by atoms with van der Waals surface area (Å²) < 4.78 is 34.5. The quantitative estimate of drug-likeness (QED) is 0.511. The molecule has 0 radical (unpaired) electrons. The van der Waals surface area contributed by atoms with Crippen LogP contribution >= 0.6 is 0 Å². The van der Waals surface area contributed by atoms with Crippen molar-refractivity contribution >= 4 is 32.7 Å². The van der Waals surface area contributed by atoms with Crippen molar-refractivity contribution in [3.8, 4) is 5.69 Å². The summed E-state index contributed by atoms with van der Waals surface area (Å²) in [5.74, 6) is -0.526. The monoisotopic (exact) mass is 407 g/mol. The highest BCUT2D eigenvalue weighted by Crippen LogP contribution is 2.22. The van der Waals surface area contributed by atoms with E-state index < -0.39 is 16.0 Å². The van der Waals surface area contributed by atoms with Crippen LogP contribution in [0.15, 0.2) is 84.0 Å². The molecule has 1 heterocycles. The largest absolute Gasteiger partial charge is 0.465 e. The lowest BCUT2D eigenvalue weighted by Crippen LogP contribution is -2.13. The molecular formula is C21H17N3O4S. The number of hydrogen-bond donors (Lipinski definition) is 1. The van der Waals surface area contributed by atoms with Crippen LogP contribution in [0.3, 0.4) is 0 Å². The molecule has 0 unspecified atom stereocenters. The summed E-state index contributed by atoms with van der Waals surface area (Å²) >= 11 is 0. The van der Waals surface area contributed by atoms with Crippen molar-refractivity contribution in [1.29, 1.82) is 0 Å². The minimum atomic E-state index is -3.82. The number of nitrogens with zero attached hydrogens (tertiary/aromatic N) is 2. The van der Waals surface area contributed by atoms with Crippen molar-refractivity contribution in [2.45, 2.75) is 4.90 Å². The van der Waals surface area contributed by atoms with Gasteiger partial charge in [0.2, 0.25) is 0 Å². The van der Waals surface area contributed by atoms with Crippen LogP contribution in [0.4, 0.5) is 5.69 Å². The first kappa shape index (κ1) is 18.7. The Hall–Kier alpha value is -3.65. The van der Waals surface area contributed by atoms with Gasteiger partial charge in [-0.15, -0.1) is 0 Å². The summed E-state index contributed by atoms with van der Waals surface area (Å²) in [7, 11) is -2.55. The van der Waals surface area contributed by atoms with E-state index >= 15 is 0 Å². The summed E-state index contributed by atoms with van der Waals surface area (Å²) in [6.45, 7) is 0. The highest BCUT2D eigenvalue weighted by Gasteiger charge is 2.16. The summed E-state index contributed by atoms with van der Waals surface area (Å²) in [5.41, 5.74) is 3.24. The van der Waals surface area contributed by atoms with Crippen LogP contribution in [0.2, 0.25) is 0 Å². The predicted molar refractivity (Wildman–Crippen MR) is 110 cm³/mol. The van der Waals surface area contributed by atoms with E-state index in [0.717, 1.165) is 16.7 Å². The van der Waals surface area contributed by atoms with Gasteiger partial charge < -0.3 is 4.74 Å². The number of anilines is 1. The number of imidazole rings is 1. The SMILES string of the molecule is COC(=O)c1ccc(S(=O)(=O)Nc2cccc(-n3cnc4ccccc43)c2)cc1. The number of sulfonamides is 1. The number of para-hydroxylation sites is 2. The molecule has 0 aliphatic rings. The van der Waals surface area contributed by atoms with Gasteiger partial charge in [0, 0.05) is 5.69 Å². The van der Waals surface area contributed by atoms with Crippen LogP contribution < -0.4 is 4.72 Å². The fourth-order valence-electron chi connectivity index (χ4n) is 2.99. The van der Waals surface area contributed by atoms with Gasteiger partial charge in [0.25, 0.3) is 10.0 Å². The zero-order valence-corrected chi connectivity index (χ0v) is 16.3. The van der Waals surface area contributed by atoms with Gasteiger partial charge in [-0.25, -0.2) is 18.2 Å². The lowest BCUT2D eigenvalue weighted by atomic mass is 10.2. The number of nitrogens with one attached hydrogen (secondary N) is 1. The second kappa shape index (κ2) is 7.40. The minimum Gasteiger partial charge on any atom is -0.465 e. The van der Waals surface area contributed by atoms with Crippen LogP contribution in [-0.4, -0.2) is 31.0 Å². The number of rotatable bonds is 5. The molecule has 4 rings (SSSR count). The predicted octanol–water partition coefficient (Wildman–Crippen LogP) is 3.61. The number of carbonyl (C=O) groups excluding carboxylic acids is 1. The molecule has 4 aromatic rings.